The summed E-state index contributed by atoms with van der Waals surface area (Å²) in [5, 5.41) is 7.51. The molecule has 3 aromatic heterocycles. The van der Waals surface area contributed by atoms with Crippen molar-refractivity contribution in [3.63, 3.8) is 0 Å². The number of amides is 2. The fourth-order valence-electron chi connectivity index (χ4n) is 3.65. The van der Waals surface area contributed by atoms with Crippen LogP contribution >= 0.6 is 12.4 Å². The molecule has 2 aromatic carbocycles. The van der Waals surface area contributed by atoms with E-state index in [0.29, 0.717) is 17.9 Å². The van der Waals surface area contributed by atoms with Crippen LogP contribution in [0.3, 0.4) is 0 Å². The summed E-state index contributed by atoms with van der Waals surface area (Å²) < 4.78 is 15.5. The molecule has 8 heteroatoms. The molecule has 5 rings (SSSR count). The van der Waals surface area contributed by atoms with Crippen molar-refractivity contribution in [3.8, 4) is 0 Å². The second-order valence-corrected chi connectivity index (χ2v) is 6.98. The van der Waals surface area contributed by atoms with E-state index in [0.717, 1.165) is 27.5 Å². The van der Waals surface area contributed by atoms with Crippen LogP contribution in [0, 0.1) is 5.82 Å². The van der Waals surface area contributed by atoms with Crippen molar-refractivity contribution >= 4 is 51.7 Å². The first-order chi connectivity index (χ1) is 14.7. The van der Waals surface area contributed by atoms with Crippen molar-refractivity contribution in [3.05, 3.63) is 90.6 Å². The maximum absolute atomic E-state index is 13.3. The molecular weight excluding hydrogens is 417 g/mol. The summed E-state index contributed by atoms with van der Waals surface area (Å²) in [7, 11) is 0. The summed E-state index contributed by atoms with van der Waals surface area (Å²) in [6.07, 6.45) is 5.73. The molecule has 0 aliphatic heterocycles. The van der Waals surface area contributed by atoms with Gasteiger partial charge in [-0.05, 0) is 54.1 Å². The molecule has 3 heterocycles. The molecular formula is C23H19ClFN5O. The lowest BCUT2D eigenvalue weighted by molar-refractivity contribution is 0.262. The smallest absolute Gasteiger partial charge is 0.323 e. The minimum Gasteiger partial charge on any atom is -0.346 e. The molecule has 3 N–H and O–H groups in total. The van der Waals surface area contributed by atoms with Crippen molar-refractivity contribution in [1.29, 1.82) is 0 Å². The first-order valence-electron chi connectivity index (χ1n) is 9.50. The number of nitrogens with one attached hydrogen (secondary N) is 3. The first-order valence-corrected chi connectivity index (χ1v) is 9.50. The molecule has 0 aliphatic rings. The molecule has 0 atom stereocenters. The van der Waals surface area contributed by atoms with Gasteiger partial charge in [-0.1, -0.05) is 12.1 Å². The SMILES string of the molecule is Cl.O=C(Nc1cccc(F)c1)Nc1cccc2c1ccn2Cc1c[nH]c2ncccc12. The van der Waals surface area contributed by atoms with Crippen molar-refractivity contribution in [2.75, 3.05) is 10.6 Å². The standard InChI is InChI=1S/C23H18FN5O.ClH/c24-16-4-1-5-17(12-16)27-23(30)28-20-7-2-8-21-19(20)9-11-29(21)14-15-13-26-22-18(15)6-3-10-25-22;/h1-13H,14H2,(H,25,26)(H2,27,28,30);1H. The second kappa shape index (κ2) is 8.49. The Morgan fingerprint density at radius 2 is 1.90 bits per heavy atom. The zero-order chi connectivity index (χ0) is 20.5. The molecule has 0 unspecified atom stereocenters. The zero-order valence-electron chi connectivity index (χ0n) is 16.3. The molecule has 0 bridgehead atoms. The van der Waals surface area contributed by atoms with Crippen molar-refractivity contribution < 1.29 is 9.18 Å². The van der Waals surface area contributed by atoms with E-state index in [4.69, 9.17) is 0 Å². The van der Waals surface area contributed by atoms with E-state index in [2.05, 4.69) is 25.2 Å². The highest BCUT2D eigenvalue weighted by Gasteiger charge is 2.11. The normalized spacial score (nSPS) is 10.7. The van der Waals surface area contributed by atoms with Gasteiger partial charge in [0.2, 0.25) is 0 Å². The average molecular weight is 436 g/mol. The van der Waals surface area contributed by atoms with Crippen LogP contribution in [-0.4, -0.2) is 20.6 Å². The van der Waals surface area contributed by atoms with E-state index >= 15 is 0 Å². The van der Waals surface area contributed by atoms with E-state index in [1.165, 1.54) is 12.1 Å². The number of hydrogen-bond acceptors (Lipinski definition) is 2. The average Bonchev–Trinajstić information content (AvgIpc) is 3.34. The van der Waals surface area contributed by atoms with Gasteiger partial charge in [0.1, 0.15) is 11.5 Å². The Labute approximate surface area is 183 Å². The van der Waals surface area contributed by atoms with Crippen LogP contribution in [-0.2, 0) is 6.54 Å². The maximum atomic E-state index is 13.3. The number of H-pyrrole nitrogens is 1. The number of halogens is 2. The van der Waals surface area contributed by atoms with Gasteiger partial charge in [0, 0.05) is 41.6 Å². The van der Waals surface area contributed by atoms with E-state index in [1.54, 1.807) is 18.3 Å². The summed E-state index contributed by atoms with van der Waals surface area (Å²) in [4.78, 5) is 19.9. The predicted octanol–water partition coefficient (Wildman–Crippen LogP) is 5.77. The number of nitrogens with zero attached hydrogens (tertiary/aromatic N) is 2. The molecule has 31 heavy (non-hydrogen) atoms. The third-order valence-corrected chi connectivity index (χ3v) is 5.02. The molecule has 0 fully saturated rings. The van der Waals surface area contributed by atoms with Gasteiger partial charge in [-0.3, -0.25) is 0 Å². The number of urea groups is 1. The summed E-state index contributed by atoms with van der Waals surface area (Å²) in [6.45, 7) is 0.675. The van der Waals surface area contributed by atoms with Crippen molar-refractivity contribution in [1.82, 2.24) is 14.5 Å². The zero-order valence-corrected chi connectivity index (χ0v) is 17.1. The molecule has 0 radical (unpaired) electrons. The van der Waals surface area contributed by atoms with Crippen LogP contribution < -0.4 is 10.6 Å². The molecule has 6 nitrogen and oxygen atoms in total. The van der Waals surface area contributed by atoms with Crippen LogP contribution in [0.15, 0.2) is 79.3 Å². The minimum atomic E-state index is -0.427. The summed E-state index contributed by atoms with van der Waals surface area (Å²) >= 11 is 0. The van der Waals surface area contributed by atoms with Crippen LogP contribution in [0.5, 0.6) is 0 Å². The molecule has 2 amide bonds. The van der Waals surface area contributed by atoms with Crippen LogP contribution in [0.1, 0.15) is 5.56 Å². The Morgan fingerprint density at radius 3 is 2.77 bits per heavy atom. The molecule has 0 saturated heterocycles. The van der Waals surface area contributed by atoms with Crippen molar-refractivity contribution in [2.45, 2.75) is 6.54 Å². The van der Waals surface area contributed by atoms with Gasteiger partial charge >= 0.3 is 6.03 Å². The van der Waals surface area contributed by atoms with Gasteiger partial charge in [0.05, 0.1) is 11.2 Å². The molecule has 0 aliphatic carbocycles. The summed E-state index contributed by atoms with van der Waals surface area (Å²) in [5.41, 5.74) is 4.07. The largest absolute Gasteiger partial charge is 0.346 e. The van der Waals surface area contributed by atoms with E-state index in [1.807, 2.05) is 48.8 Å². The number of aromatic nitrogens is 3. The predicted molar refractivity (Wildman–Crippen MR) is 123 cm³/mol. The topological polar surface area (TPSA) is 74.7 Å². The Bertz CT molecular complexity index is 1380. The Balaban J connectivity index is 0.00000231. The summed E-state index contributed by atoms with van der Waals surface area (Å²) in [5.74, 6) is -0.403. The van der Waals surface area contributed by atoms with Gasteiger partial charge in [0.15, 0.2) is 0 Å². The van der Waals surface area contributed by atoms with Crippen LogP contribution in [0.2, 0.25) is 0 Å². The Kier molecular flexibility index (Phi) is 5.60. The number of anilines is 2. The van der Waals surface area contributed by atoms with Gasteiger partial charge in [-0.15, -0.1) is 12.4 Å². The second-order valence-electron chi connectivity index (χ2n) is 6.98. The molecule has 156 valence electrons. The van der Waals surface area contributed by atoms with Gasteiger partial charge in [-0.25, -0.2) is 14.2 Å². The highest BCUT2D eigenvalue weighted by molar-refractivity contribution is 6.05. The first kappa shape index (κ1) is 20.4. The Morgan fingerprint density at radius 1 is 1.03 bits per heavy atom. The Hall–Kier alpha value is -3.84. The number of hydrogen-bond donors (Lipinski definition) is 3. The molecule has 0 saturated carbocycles. The fourth-order valence-corrected chi connectivity index (χ4v) is 3.65. The molecule has 5 aromatic rings. The third kappa shape index (κ3) is 4.08. The van der Waals surface area contributed by atoms with Crippen LogP contribution in [0.25, 0.3) is 21.9 Å². The number of carbonyl (C=O) groups is 1. The number of pyridine rings is 1. The third-order valence-electron chi connectivity index (χ3n) is 5.02. The monoisotopic (exact) mass is 435 g/mol. The molecule has 0 spiro atoms. The summed E-state index contributed by atoms with van der Waals surface area (Å²) in [6, 6.07) is 17.0. The van der Waals surface area contributed by atoms with E-state index in [9.17, 15) is 9.18 Å². The van der Waals surface area contributed by atoms with Gasteiger partial charge < -0.3 is 20.2 Å². The van der Waals surface area contributed by atoms with Gasteiger partial charge in [-0.2, -0.15) is 0 Å². The number of fused-ring (bicyclic) bond motifs is 2. The highest BCUT2D eigenvalue weighted by atomic mass is 35.5. The quantitative estimate of drug-likeness (QED) is 0.335. The number of rotatable bonds is 4. The number of carbonyl (C=O) groups excluding carboxylic acids is 1. The fraction of sp³-hybridized carbons (Fsp3) is 0.0435. The maximum Gasteiger partial charge on any atom is 0.323 e. The van der Waals surface area contributed by atoms with E-state index < -0.39 is 11.8 Å². The number of benzene rings is 2. The lowest BCUT2D eigenvalue weighted by atomic mass is 10.2. The lowest BCUT2D eigenvalue weighted by Gasteiger charge is -2.10. The van der Waals surface area contributed by atoms with Gasteiger partial charge in [0.25, 0.3) is 0 Å². The lowest BCUT2D eigenvalue weighted by Crippen LogP contribution is -2.19. The van der Waals surface area contributed by atoms with Crippen LogP contribution in [0.4, 0.5) is 20.6 Å². The number of aromatic amines is 1. The minimum absolute atomic E-state index is 0. The van der Waals surface area contributed by atoms with E-state index in [-0.39, 0.29) is 12.4 Å². The van der Waals surface area contributed by atoms with Crippen molar-refractivity contribution in [2.24, 2.45) is 0 Å². The highest BCUT2D eigenvalue weighted by Crippen LogP contribution is 2.27.